The molecule has 0 amide bonds. The van der Waals surface area contributed by atoms with Crippen LogP contribution in [-0.4, -0.2) is 58.1 Å². The summed E-state index contributed by atoms with van der Waals surface area (Å²) in [6.07, 6.45) is -5.56. The average Bonchev–Trinajstić information content (AvgIpc) is 2.35. The Kier molecular flexibility index (Phi) is 6.81. The highest BCUT2D eigenvalue weighted by Gasteiger charge is 2.50. The Labute approximate surface area is 135 Å². The first kappa shape index (κ1) is 18.1. The highest BCUT2D eigenvalue weighted by Crippen LogP contribution is 2.28. The van der Waals surface area contributed by atoms with Gasteiger partial charge in [0.15, 0.2) is 24.6 Å². The second kappa shape index (κ2) is 7.90. The maximum atomic E-state index is 11.2. The minimum absolute atomic E-state index is 0.372. The molecule has 0 bridgehead atoms. The van der Waals surface area contributed by atoms with Crippen LogP contribution >= 0.6 is 22.6 Å². The van der Waals surface area contributed by atoms with Crippen molar-refractivity contribution < 1.29 is 38.4 Å². The quantitative estimate of drug-likeness (QED) is 0.294. The molecule has 1 fully saturated rings. The standard InChI is InChI=1S/C12H17IO8/c1-5(14)18-9-8(4-13)21-12(17)11(20-7(3)16)10(9)19-6(2)15/h8-12,17H,4H2,1-3H3. The van der Waals surface area contributed by atoms with Crippen LogP contribution in [-0.2, 0) is 33.3 Å². The van der Waals surface area contributed by atoms with E-state index in [0.717, 1.165) is 13.8 Å². The molecule has 8 nitrogen and oxygen atoms in total. The van der Waals surface area contributed by atoms with Gasteiger partial charge in [0.1, 0.15) is 6.10 Å². The zero-order valence-electron chi connectivity index (χ0n) is 11.8. The summed E-state index contributed by atoms with van der Waals surface area (Å²) < 4.78 is 20.8. The van der Waals surface area contributed by atoms with Crippen LogP contribution in [0.5, 0.6) is 0 Å². The summed E-state index contributed by atoms with van der Waals surface area (Å²) in [4.78, 5) is 33.6. The van der Waals surface area contributed by atoms with Gasteiger partial charge in [0.05, 0.1) is 0 Å². The first-order chi connectivity index (χ1) is 9.76. The largest absolute Gasteiger partial charge is 0.456 e. The molecule has 1 heterocycles. The lowest BCUT2D eigenvalue weighted by Crippen LogP contribution is -2.61. The first-order valence-corrected chi connectivity index (χ1v) is 7.70. The molecule has 0 radical (unpaired) electrons. The predicted octanol–water partition coefficient (Wildman–Crippen LogP) is -0.0663. The second-order valence-electron chi connectivity index (χ2n) is 4.44. The van der Waals surface area contributed by atoms with E-state index in [0.29, 0.717) is 4.43 Å². The first-order valence-electron chi connectivity index (χ1n) is 6.17. The molecular weight excluding hydrogens is 399 g/mol. The molecule has 1 N–H and O–H groups in total. The highest BCUT2D eigenvalue weighted by atomic mass is 127. The van der Waals surface area contributed by atoms with Crippen molar-refractivity contribution in [3.8, 4) is 0 Å². The number of ether oxygens (including phenoxy) is 4. The number of hydrogen-bond donors (Lipinski definition) is 1. The number of aliphatic hydroxyl groups is 1. The molecular formula is C12H17IO8. The molecule has 1 aliphatic rings. The Bertz CT molecular complexity index is 412. The molecule has 1 rings (SSSR count). The fraction of sp³-hybridized carbons (Fsp3) is 0.750. The van der Waals surface area contributed by atoms with Crippen LogP contribution in [0.1, 0.15) is 20.8 Å². The maximum absolute atomic E-state index is 11.2. The zero-order valence-corrected chi connectivity index (χ0v) is 13.9. The fourth-order valence-electron chi connectivity index (χ4n) is 2.00. The van der Waals surface area contributed by atoms with Crippen molar-refractivity contribution >= 4 is 40.5 Å². The Hall–Kier alpha value is -0.940. The summed E-state index contributed by atoms with van der Waals surface area (Å²) in [5.41, 5.74) is 0. The number of alkyl halides is 1. The molecule has 5 atom stereocenters. The van der Waals surface area contributed by atoms with Gasteiger partial charge in [0.2, 0.25) is 0 Å². The fourth-order valence-corrected chi connectivity index (χ4v) is 2.70. The molecule has 9 heteroatoms. The van der Waals surface area contributed by atoms with Crippen molar-refractivity contribution in [2.24, 2.45) is 0 Å². The monoisotopic (exact) mass is 416 g/mol. The third kappa shape index (κ3) is 5.08. The summed E-state index contributed by atoms with van der Waals surface area (Å²) in [5, 5.41) is 9.92. The second-order valence-corrected chi connectivity index (χ2v) is 5.32. The Morgan fingerprint density at radius 2 is 1.38 bits per heavy atom. The Morgan fingerprint density at radius 1 is 0.952 bits per heavy atom. The molecule has 0 spiro atoms. The summed E-state index contributed by atoms with van der Waals surface area (Å²) in [5.74, 6) is -1.95. The summed E-state index contributed by atoms with van der Waals surface area (Å²) in [7, 11) is 0. The van der Waals surface area contributed by atoms with Gasteiger partial charge >= 0.3 is 17.9 Å². The van der Waals surface area contributed by atoms with E-state index >= 15 is 0 Å². The summed E-state index contributed by atoms with van der Waals surface area (Å²) in [6.45, 7) is 3.50. The zero-order chi connectivity index (χ0) is 16.2. The van der Waals surface area contributed by atoms with Gasteiger partial charge in [0.25, 0.3) is 0 Å². The highest BCUT2D eigenvalue weighted by molar-refractivity contribution is 14.1. The van der Waals surface area contributed by atoms with Crippen LogP contribution in [0.4, 0.5) is 0 Å². The van der Waals surface area contributed by atoms with E-state index in [9.17, 15) is 19.5 Å². The molecule has 21 heavy (non-hydrogen) atoms. The predicted molar refractivity (Wildman–Crippen MR) is 76.4 cm³/mol. The van der Waals surface area contributed by atoms with E-state index in [4.69, 9.17) is 18.9 Å². The van der Waals surface area contributed by atoms with Crippen molar-refractivity contribution in [1.82, 2.24) is 0 Å². The molecule has 1 aliphatic heterocycles. The minimum atomic E-state index is -1.48. The van der Waals surface area contributed by atoms with E-state index < -0.39 is 48.6 Å². The molecule has 0 aromatic heterocycles. The number of esters is 3. The van der Waals surface area contributed by atoms with Crippen LogP contribution in [0.2, 0.25) is 0 Å². The van der Waals surface area contributed by atoms with Crippen LogP contribution in [0.25, 0.3) is 0 Å². The summed E-state index contributed by atoms with van der Waals surface area (Å²) in [6, 6.07) is 0. The normalized spacial score (nSPS) is 32.1. The molecule has 0 aliphatic carbocycles. The average molecular weight is 416 g/mol. The number of rotatable bonds is 4. The van der Waals surface area contributed by atoms with Gasteiger partial charge in [-0.3, -0.25) is 14.4 Å². The van der Waals surface area contributed by atoms with Gasteiger partial charge in [-0.25, -0.2) is 0 Å². The molecule has 0 aromatic rings. The van der Waals surface area contributed by atoms with E-state index in [-0.39, 0.29) is 0 Å². The van der Waals surface area contributed by atoms with Gasteiger partial charge in [-0.1, -0.05) is 22.6 Å². The SMILES string of the molecule is CC(=O)OC1C(O)OC(CI)C(OC(C)=O)C1OC(C)=O. The van der Waals surface area contributed by atoms with E-state index in [2.05, 4.69) is 0 Å². The molecule has 0 saturated carbocycles. The molecule has 1 saturated heterocycles. The van der Waals surface area contributed by atoms with Gasteiger partial charge in [-0.2, -0.15) is 0 Å². The number of hydrogen-bond acceptors (Lipinski definition) is 8. The van der Waals surface area contributed by atoms with Gasteiger partial charge < -0.3 is 24.1 Å². The molecule has 0 aromatic carbocycles. The van der Waals surface area contributed by atoms with Crippen LogP contribution in [0.3, 0.4) is 0 Å². The number of aliphatic hydroxyl groups excluding tert-OH is 1. The van der Waals surface area contributed by atoms with E-state index in [1.807, 2.05) is 22.6 Å². The lowest BCUT2D eigenvalue weighted by molar-refractivity contribution is -0.286. The number of carbonyl (C=O) groups is 3. The van der Waals surface area contributed by atoms with Gasteiger partial charge in [-0.05, 0) is 0 Å². The number of halogens is 1. The third-order valence-electron chi connectivity index (χ3n) is 2.67. The third-order valence-corrected chi connectivity index (χ3v) is 3.54. The topological polar surface area (TPSA) is 108 Å². The lowest BCUT2D eigenvalue weighted by atomic mass is 9.99. The van der Waals surface area contributed by atoms with Crippen molar-refractivity contribution in [2.45, 2.75) is 51.5 Å². The molecule has 5 unspecified atom stereocenters. The maximum Gasteiger partial charge on any atom is 0.303 e. The number of carbonyl (C=O) groups excluding carboxylic acids is 3. The van der Waals surface area contributed by atoms with Crippen molar-refractivity contribution in [3.05, 3.63) is 0 Å². The molecule has 120 valence electrons. The van der Waals surface area contributed by atoms with Crippen LogP contribution < -0.4 is 0 Å². The Morgan fingerprint density at radius 3 is 1.81 bits per heavy atom. The van der Waals surface area contributed by atoms with Crippen molar-refractivity contribution in [1.29, 1.82) is 0 Å². The lowest BCUT2D eigenvalue weighted by Gasteiger charge is -2.42. The van der Waals surface area contributed by atoms with E-state index in [1.165, 1.54) is 6.92 Å². The van der Waals surface area contributed by atoms with E-state index in [1.54, 1.807) is 0 Å². The van der Waals surface area contributed by atoms with Gasteiger partial charge in [-0.15, -0.1) is 0 Å². The van der Waals surface area contributed by atoms with Crippen LogP contribution in [0, 0.1) is 0 Å². The van der Waals surface area contributed by atoms with Gasteiger partial charge in [0, 0.05) is 25.2 Å². The minimum Gasteiger partial charge on any atom is -0.456 e. The van der Waals surface area contributed by atoms with Crippen molar-refractivity contribution in [2.75, 3.05) is 4.43 Å². The Balaban J connectivity index is 3.08. The summed E-state index contributed by atoms with van der Waals surface area (Å²) >= 11 is 1.98. The van der Waals surface area contributed by atoms with Crippen LogP contribution in [0.15, 0.2) is 0 Å². The van der Waals surface area contributed by atoms with Crippen molar-refractivity contribution in [3.63, 3.8) is 0 Å². The smallest absolute Gasteiger partial charge is 0.303 e.